The molecule has 154 valence electrons. The van der Waals surface area contributed by atoms with Crippen LogP contribution in [0.5, 0.6) is 0 Å². The quantitative estimate of drug-likeness (QED) is 0.378. The van der Waals surface area contributed by atoms with Crippen LogP contribution in [0.4, 0.5) is 5.95 Å². The van der Waals surface area contributed by atoms with Crippen LogP contribution in [0.25, 0.3) is 11.0 Å². The first-order chi connectivity index (χ1) is 13.1. The van der Waals surface area contributed by atoms with Crippen molar-refractivity contribution in [3.05, 3.63) is 22.1 Å². The molecule has 0 spiro atoms. The minimum atomic E-state index is -1.31. The maximum atomic E-state index is 12.1. The summed E-state index contributed by atoms with van der Waals surface area (Å²) in [7, 11) is 1.64. The third-order valence-corrected chi connectivity index (χ3v) is 4.92. The molecule has 1 aliphatic heterocycles. The molecule has 11 nitrogen and oxygen atoms in total. The average molecular weight is 395 g/mol. The molecule has 28 heavy (non-hydrogen) atoms. The number of aliphatic hydroxyl groups excluding tert-OH is 2. The van der Waals surface area contributed by atoms with E-state index in [0.29, 0.717) is 5.56 Å². The number of nitrogen functional groups attached to an aromatic ring is 1. The monoisotopic (exact) mass is 395 g/mol. The van der Waals surface area contributed by atoms with Crippen LogP contribution in [-0.2, 0) is 21.3 Å². The Bertz CT molecular complexity index is 938. The van der Waals surface area contributed by atoms with Gasteiger partial charge >= 0.3 is 5.97 Å². The Morgan fingerprint density at radius 2 is 2.11 bits per heavy atom. The number of esters is 1. The van der Waals surface area contributed by atoms with Crippen molar-refractivity contribution in [2.45, 2.75) is 44.3 Å². The topological polar surface area (TPSA) is 179 Å². The summed E-state index contributed by atoms with van der Waals surface area (Å²) in [4.78, 5) is 30.6. The zero-order valence-electron chi connectivity index (χ0n) is 15.8. The summed E-state index contributed by atoms with van der Waals surface area (Å²) in [6.07, 6.45) is -2.97. The Morgan fingerprint density at radius 1 is 1.43 bits per heavy atom. The van der Waals surface area contributed by atoms with Gasteiger partial charge < -0.3 is 35.7 Å². The molecule has 1 aliphatic rings. The molecule has 5 atom stereocenters. The van der Waals surface area contributed by atoms with Gasteiger partial charge in [-0.15, -0.1) is 0 Å². The van der Waals surface area contributed by atoms with Gasteiger partial charge in [0.15, 0.2) is 0 Å². The first-order valence-electron chi connectivity index (χ1n) is 8.90. The molecule has 2 aromatic rings. The minimum Gasteiger partial charge on any atom is -0.462 e. The van der Waals surface area contributed by atoms with Crippen LogP contribution in [0.2, 0.25) is 0 Å². The summed E-state index contributed by atoms with van der Waals surface area (Å²) >= 11 is 0. The molecule has 3 rings (SSSR count). The second-order valence-electron chi connectivity index (χ2n) is 7.32. The van der Waals surface area contributed by atoms with Gasteiger partial charge in [-0.2, -0.15) is 0 Å². The number of carbonyl (C=O) groups excluding carboxylic acids is 1. The maximum absolute atomic E-state index is 12.1. The van der Waals surface area contributed by atoms with Crippen molar-refractivity contribution in [2.24, 2.45) is 18.7 Å². The number of aromatic nitrogens is 3. The highest BCUT2D eigenvalue weighted by atomic mass is 16.6. The second kappa shape index (κ2) is 7.51. The fourth-order valence-corrected chi connectivity index (χ4v) is 3.23. The van der Waals surface area contributed by atoms with Crippen LogP contribution in [0.15, 0.2) is 11.0 Å². The van der Waals surface area contributed by atoms with Crippen molar-refractivity contribution >= 4 is 23.0 Å². The van der Waals surface area contributed by atoms with Crippen LogP contribution >= 0.6 is 0 Å². The summed E-state index contributed by atoms with van der Waals surface area (Å²) < 4.78 is 12.4. The minimum absolute atomic E-state index is 0.0776. The Kier molecular flexibility index (Phi) is 5.44. The molecule has 3 heterocycles. The Labute approximate surface area is 160 Å². The molecule has 1 saturated heterocycles. The van der Waals surface area contributed by atoms with E-state index in [-0.39, 0.29) is 29.5 Å². The largest absolute Gasteiger partial charge is 0.462 e. The summed E-state index contributed by atoms with van der Waals surface area (Å²) in [5.74, 6) is -0.799. The lowest BCUT2D eigenvalue weighted by Gasteiger charge is -2.18. The summed E-state index contributed by atoms with van der Waals surface area (Å²) in [5.41, 5.74) is 11.8. The molecule has 11 heteroatoms. The van der Waals surface area contributed by atoms with E-state index in [9.17, 15) is 19.8 Å². The van der Waals surface area contributed by atoms with E-state index in [1.54, 1.807) is 27.1 Å². The summed E-state index contributed by atoms with van der Waals surface area (Å²) in [6, 6.07) is -0.795. The van der Waals surface area contributed by atoms with Crippen molar-refractivity contribution < 1.29 is 24.5 Å². The van der Waals surface area contributed by atoms with Crippen molar-refractivity contribution in [2.75, 3.05) is 12.3 Å². The number of fused-ring (bicyclic) bond motifs is 1. The molecule has 0 radical (unpaired) electrons. The number of nitrogens with one attached hydrogen (secondary N) is 1. The maximum Gasteiger partial charge on any atom is 0.323 e. The molecular formula is C17H25N5O6. The molecule has 0 unspecified atom stereocenters. The molecule has 0 bridgehead atoms. The van der Waals surface area contributed by atoms with E-state index in [0.717, 1.165) is 0 Å². The number of aryl methyl sites for hydroxylation is 1. The van der Waals surface area contributed by atoms with Gasteiger partial charge in [0, 0.05) is 18.8 Å². The lowest BCUT2D eigenvalue weighted by Crippen LogP contribution is -2.40. The number of hydrogen-bond acceptors (Lipinski definition) is 9. The Morgan fingerprint density at radius 3 is 2.75 bits per heavy atom. The SMILES string of the molecule is CC(C)[C@H](N)C(=O)OC[C@H]1O[C@@H](c2cn(C)c3c(=O)[nH]c(N)nc23)[C@H](O)[C@@H]1O. The van der Waals surface area contributed by atoms with Gasteiger partial charge in [0.05, 0.1) is 0 Å². The third kappa shape index (κ3) is 3.49. The van der Waals surface area contributed by atoms with Crippen LogP contribution in [0.3, 0.4) is 0 Å². The molecule has 0 aromatic carbocycles. The van der Waals surface area contributed by atoms with E-state index in [1.807, 2.05) is 0 Å². The molecule has 7 N–H and O–H groups in total. The Balaban J connectivity index is 1.83. The van der Waals surface area contributed by atoms with E-state index in [4.69, 9.17) is 20.9 Å². The highest BCUT2D eigenvalue weighted by Gasteiger charge is 2.45. The second-order valence-corrected chi connectivity index (χ2v) is 7.32. The van der Waals surface area contributed by atoms with Crippen molar-refractivity contribution in [1.29, 1.82) is 0 Å². The third-order valence-electron chi connectivity index (χ3n) is 4.92. The number of H-pyrrole nitrogens is 1. The molecule has 2 aromatic heterocycles. The number of aromatic amines is 1. The van der Waals surface area contributed by atoms with Crippen molar-refractivity contribution in [1.82, 2.24) is 14.5 Å². The predicted molar refractivity (Wildman–Crippen MR) is 99.1 cm³/mol. The smallest absolute Gasteiger partial charge is 0.323 e. The zero-order valence-corrected chi connectivity index (χ0v) is 15.8. The fraction of sp³-hybridized carbons (Fsp3) is 0.588. The van der Waals surface area contributed by atoms with Crippen LogP contribution in [0.1, 0.15) is 25.5 Å². The standard InChI is InChI=1S/C17H25N5O6/c1-6(2)9(18)16(26)27-5-8-12(23)13(24)14(28-8)7-4-22(3)11-10(7)20-17(19)21-15(11)25/h4,6,8-9,12-14,23-24H,5,18H2,1-3H3,(H3,19,20,21,25)/t8-,9+,12-,13-,14+/m1/s1. The van der Waals surface area contributed by atoms with E-state index >= 15 is 0 Å². The number of aliphatic hydroxyl groups is 2. The van der Waals surface area contributed by atoms with E-state index in [1.165, 1.54) is 4.57 Å². The predicted octanol–water partition coefficient (Wildman–Crippen LogP) is -1.47. The van der Waals surface area contributed by atoms with E-state index in [2.05, 4.69) is 9.97 Å². The van der Waals surface area contributed by atoms with Gasteiger partial charge in [0.2, 0.25) is 5.95 Å². The fourth-order valence-electron chi connectivity index (χ4n) is 3.23. The van der Waals surface area contributed by atoms with Gasteiger partial charge in [-0.1, -0.05) is 13.8 Å². The van der Waals surface area contributed by atoms with Crippen LogP contribution < -0.4 is 17.0 Å². The normalized spacial score (nSPS) is 26.1. The molecule has 0 amide bonds. The summed E-state index contributed by atoms with van der Waals surface area (Å²) in [5, 5.41) is 20.8. The van der Waals surface area contributed by atoms with Gasteiger partial charge in [-0.05, 0) is 5.92 Å². The number of hydrogen-bond donors (Lipinski definition) is 5. The number of rotatable bonds is 5. The number of ether oxygens (including phenoxy) is 2. The van der Waals surface area contributed by atoms with E-state index < -0.39 is 42.0 Å². The number of anilines is 1. The Hall–Kier alpha value is -2.47. The summed E-state index contributed by atoms with van der Waals surface area (Å²) in [6.45, 7) is 3.30. The van der Waals surface area contributed by atoms with Gasteiger partial charge in [-0.25, -0.2) is 4.98 Å². The lowest BCUT2D eigenvalue weighted by atomic mass is 10.0. The van der Waals surface area contributed by atoms with Gasteiger partial charge in [0.25, 0.3) is 5.56 Å². The highest BCUT2D eigenvalue weighted by Crippen LogP contribution is 2.36. The zero-order chi connectivity index (χ0) is 20.7. The molecular weight excluding hydrogens is 370 g/mol. The van der Waals surface area contributed by atoms with Crippen molar-refractivity contribution in [3.63, 3.8) is 0 Å². The average Bonchev–Trinajstić information content (AvgIpc) is 3.09. The molecule has 0 saturated carbocycles. The van der Waals surface area contributed by atoms with Gasteiger partial charge in [-0.3, -0.25) is 14.6 Å². The number of carbonyl (C=O) groups is 1. The number of nitrogens with zero attached hydrogens (tertiary/aromatic N) is 2. The number of nitrogens with two attached hydrogens (primary N) is 2. The van der Waals surface area contributed by atoms with Crippen molar-refractivity contribution in [3.8, 4) is 0 Å². The van der Waals surface area contributed by atoms with Crippen LogP contribution in [0, 0.1) is 5.92 Å². The molecule has 0 aliphatic carbocycles. The first-order valence-corrected chi connectivity index (χ1v) is 8.90. The first kappa shape index (κ1) is 20.3. The lowest BCUT2D eigenvalue weighted by molar-refractivity contribution is -0.151. The van der Waals surface area contributed by atoms with Crippen LogP contribution in [-0.4, -0.2) is 61.7 Å². The highest BCUT2D eigenvalue weighted by molar-refractivity contribution is 5.80. The molecule has 1 fully saturated rings. The van der Waals surface area contributed by atoms with Gasteiger partial charge in [0.1, 0.15) is 48.1 Å².